The van der Waals surface area contributed by atoms with E-state index in [1.165, 1.54) is 0 Å². The van der Waals surface area contributed by atoms with Crippen molar-refractivity contribution in [1.29, 1.82) is 0 Å². The van der Waals surface area contributed by atoms with Crippen LogP contribution in [-0.4, -0.2) is 17.6 Å². The Morgan fingerprint density at radius 1 is 1.47 bits per heavy atom. The second-order valence-corrected chi connectivity index (χ2v) is 5.27. The molecule has 1 aromatic rings. The number of hydrogen-bond acceptors (Lipinski definition) is 2. The summed E-state index contributed by atoms with van der Waals surface area (Å²) >= 11 is 11.7. The first-order valence-electron chi connectivity index (χ1n) is 5.50. The third kappa shape index (κ3) is 2.57. The zero-order valence-electron chi connectivity index (χ0n) is 9.68. The summed E-state index contributed by atoms with van der Waals surface area (Å²) in [4.78, 5) is 11.9. The minimum Gasteiger partial charge on any atom is -0.335 e. The van der Waals surface area contributed by atoms with Gasteiger partial charge in [0.15, 0.2) is 0 Å². The van der Waals surface area contributed by atoms with Gasteiger partial charge in [0.1, 0.15) is 0 Å². The average Bonchev–Trinajstić information content (AvgIpc) is 2.94. The summed E-state index contributed by atoms with van der Waals surface area (Å²) in [5.41, 5.74) is 0.540. The summed E-state index contributed by atoms with van der Waals surface area (Å²) in [5, 5.41) is 6.98. The van der Waals surface area contributed by atoms with Crippen molar-refractivity contribution < 1.29 is 4.79 Å². The van der Waals surface area contributed by atoms with E-state index in [2.05, 4.69) is 24.5 Å². The van der Waals surface area contributed by atoms with Crippen molar-refractivity contribution in [2.45, 2.75) is 32.0 Å². The summed E-state index contributed by atoms with van der Waals surface area (Å²) in [6.07, 6.45) is 1.01. The van der Waals surface area contributed by atoms with Crippen molar-refractivity contribution in [2.75, 3.05) is 0 Å². The van der Waals surface area contributed by atoms with Gasteiger partial charge in [0.25, 0.3) is 5.91 Å². The lowest BCUT2D eigenvalue weighted by Crippen LogP contribution is -2.31. The normalized spacial score (nSPS) is 26.7. The number of benzene rings is 1. The van der Waals surface area contributed by atoms with Gasteiger partial charge < -0.3 is 5.32 Å². The molecule has 1 amide bonds. The van der Waals surface area contributed by atoms with Gasteiger partial charge in [0.2, 0.25) is 0 Å². The first-order chi connectivity index (χ1) is 7.96. The first kappa shape index (κ1) is 12.7. The number of amides is 1. The van der Waals surface area contributed by atoms with Crippen molar-refractivity contribution in [2.24, 2.45) is 0 Å². The van der Waals surface area contributed by atoms with Crippen LogP contribution >= 0.6 is 23.2 Å². The maximum absolute atomic E-state index is 11.9. The quantitative estimate of drug-likeness (QED) is 0.832. The van der Waals surface area contributed by atoms with Crippen molar-refractivity contribution in [3.8, 4) is 0 Å². The van der Waals surface area contributed by atoms with Crippen LogP contribution in [0.2, 0.25) is 10.0 Å². The highest BCUT2D eigenvalue weighted by Gasteiger charge is 2.48. The lowest BCUT2D eigenvalue weighted by Gasteiger charge is -2.07. The Morgan fingerprint density at radius 2 is 2.18 bits per heavy atom. The van der Waals surface area contributed by atoms with E-state index in [0.717, 1.165) is 6.42 Å². The molecule has 0 spiro atoms. The maximum atomic E-state index is 11.9. The molecular weight excluding hydrogens is 259 g/mol. The molecule has 0 aromatic heterocycles. The molecule has 2 rings (SSSR count). The van der Waals surface area contributed by atoms with Crippen LogP contribution in [0.1, 0.15) is 30.6 Å². The molecule has 1 saturated heterocycles. The fourth-order valence-electron chi connectivity index (χ4n) is 1.64. The van der Waals surface area contributed by atoms with Gasteiger partial charge in [-0.2, -0.15) is 0 Å². The fraction of sp³-hybridized carbons (Fsp3) is 0.417. The molecule has 1 aliphatic rings. The van der Waals surface area contributed by atoms with Crippen LogP contribution in [0, 0.1) is 0 Å². The smallest absolute Gasteiger partial charge is 0.252 e. The highest BCUT2D eigenvalue weighted by molar-refractivity contribution is 6.42. The number of carbonyl (C=O) groups excluding carboxylic acids is 1. The second-order valence-electron chi connectivity index (χ2n) is 4.45. The zero-order valence-corrected chi connectivity index (χ0v) is 11.2. The Morgan fingerprint density at radius 3 is 2.71 bits per heavy atom. The standard InChI is InChI=1S/C12H14Cl2N2O/c1-3-12(2)11(16-12)15-10(17)7-4-5-8(13)9(14)6-7/h4-6,11,16H,3H2,1-2H3,(H,15,17)/t11-,12?/m1/s1. The van der Waals surface area contributed by atoms with Gasteiger partial charge in [0, 0.05) is 5.56 Å². The van der Waals surface area contributed by atoms with Crippen molar-refractivity contribution >= 4 is 29.1 Å². The van der Waals surface area contributed by atoms with Crippen molar-refractivity contribution in [3.63, 3.8) is 0 Å². The molecule has 0 saturated carbocycles. The van der Waals surface area contributed by atoms with E-state index in [1.54, 1.807) is 18.2 Å². The lowest BCUT2D eigenvalue weighted by molar-refractivity contribution is 0.0947. The second kappa shape index (κ2) is 4.48. The van der Waals surface area contributed by atoms with E-state index in [-0.39, 0.29) is 17.6 Å². The topological polar surface area (TPSA) is 51.0 Å². The summed E-state index contributed by atoms with van der Waals surface area (Å²) in [6, 6.07) is 4.86. The third-order valence-electron chi connectivity index (χ3n) is 3.22. The van der Waals surface area contributed by atoms with E-state index >= 15 is 0 Å². The highest BCUT2D eigenvalue weighted by Crippen LogP contribution is 2.28. The minimum absolute atomic E-state index is 0.0197. The molecule has 5 heteroatoms. The van der Waals surface area contributed by atoms with Crippen LogP contribution in [0.15, 0.2) is 18.2 Å². The van der Waals surface area contributed by atoms with E-state index in [9.17, 15) is 4.79 Å². The molecule has 17 heavy (non-hydrogen) atoms. The minimum atomic E-state index is -0.141. The monoisotopic (exact) mass is 272 g/mol. The van der Waals surface area contributed by atoms with Gasteiger partial charge in [-0.3, -0.25) is 10.1 Å². The van der Waals surface area contributed by atoms with Crippen LogP contribution in [0.4, 0.5) is 0 Å². The van der Waals surface area contributed by atoms with Crippen LogP contribution in [-0.2, 0) is 0 Å². The van der Waals surface area contributed by atoms with Crippen LogP contribution < -0.4 is 10.6 Å². The summed E-state index contributed by atoms with van der Waals surface area (Å²) in [7, 11) is 0. The van der Waals surface area contributed by atoms with E-state index in [1.807, 2.05) is 0 Å². The predicted octanol–water partition coefficient (Wildman–Crippen LogP) is 2.82. The molecule has 2 atom stereocenters. The Bertz CT molecular complexity index is 464. The Labute approximate surface area is 110 Å². The maximum Gasteiger partial charge on any atom is 0.252 e. The van der Waals surface area contributed by atoms with Gasteiger partial charge in [-0.05, 0) is 31.5 Å². The van der Waals surface area contributed by atoms with Gasteiger partial charge >= 0.3 is 0 Å². The van der Waals surface area contributed by atoms with Crippen LogP contribution in [0.25, 0.3) is 0 Å². The number of nitrogens with one attached hydrogen (secondary N) is 2. The number of hydrogen-bond donors (Lipinski definition) is 2. The van der Waals surface area contributed by atoms with E-state index in [4.69, 9.17) is 23.2 Å². The van der Waals surface area contributed by atoms with Gasteiger partial charge in [-0.25, -0.2) is 0 Å². The molecule has 1 fully saturated rings. The number of carbonyl (C=O) groups is 1. The molecule has 1 heterocycles. The molecule has 92 valence electrons. The lowest BCUT2D eigenvalue weighted by atomic mass is 10.1. The molecule has 0 aliphatic carbocycles. The summed E-state index contributed by atoms with van der Waals surface area (Å²) in [5.74, 6) is -0.141. The van der Waals surface area contributed by atoms with Crippen molar-refractivity contribution in [1.82, 2.24) is 10.6 Å². The van der Waals surface area contributed by atoms with E-state index < -0.39 is 0 Å². The predicted molar refractivity (Wildman–Crippen MR) is 69.5 cm³/mol. The molecule has 0 bridgehead atoms. The number of halogens is 2. The first-order valence-corrected chi connectivity index (χ1v) is 6.25. The summed E-state index contributed by atoms with van der Waals surface area (Å²) < 4.78 is 0. The zero-order chi connectivity index (χ0) is 12.6. The average molecular weight is 273 g/mol. The summed E-state index contributed by atoms with van der Waals surface area (Å²) in [6.45, 7) is 4.16. The molecule has 0 radical (unpaired) electrons. The molecule has 3 nitrogen and oxygen atoms in total. The molecule has 1 aromatic carbocycles. The Balaban J connectivity index is 2.04. The largest absolute Gasteiger partial charge is 0.335 e. The van der Waals surface area contributed by atoms with E-state index in [0.29, 0.717) is 15.6 Å². The van der Waals surface area contributed by atoms with Crippen molar-refractivity contribution in [3.05, 3.63) is 33.8 Å². The van der Waals surface area contributed by atoms with Gasteiger partial charge in [-0.1, -0.05) is 30.1 Å². The molecule has 1 unspecified atom stereocenters. The van der Waals surface area contributed by atoms with Gasteiger partial charge in [0.05, 0.1) is 21.7 Å². The number of rotatable bonds is 3. The SMILES string of the molecule is CCC1(C)N[C@H]1NC(=O)c1ccc(Cl)c(Cl)c1. The molecule has 2 N–H and O–H groups in total. The fourth-order valence-corrected chi connectivity index (χ4v) is 1.94. The third-order valence-corrected chi connectivity index (χ3v) is 3.96. The Hall–Kier alpha value is -0.770. The van der Waals surface area contributed by atoms with Crippen LogP contribution in [0.5, 0.6) is 0 Å². The van der Waals surface area contributed by atoms with Crippen LogP contribution in [0.3, 0.4) is 0 Å². The highest BCUT2D eigenvalue weighted by atomic mass is 35.5. The Kier molecular flexibility index (Phi) is 3.34. The molecular formula is C12H14Cl2N2O. The molecule has 1 aliphatic heterocycles. The van der Waals surface area contributed by atoms with Gasteiger partial charge in [-0.15, -0.1) is 0 Å².